The van der Waals surface area contributed by atoms with Crippen LogP contribution in [0.25, 0.3) is 23.2 Å². The molecule has 0 amide bonds. The second-order valence-electron chi connectivity index (χ2n) is 3.88. The van der Waals surface area contributed by atoms with Gasteiger partial charge in [0, 0.05) is 7.05 Å². The van der Waals surface area contributed by atoms with E-state index >= 15 is 0 Å². The lowest BCUT2D eigenvalue weighted by molar-refractivity contribution is 0.706. The highest BCUT2D eigenvalue weighted by molar-refractivity contribution is 6.31. The standard InChI is InChI=1S/C12H9ClN6/c1-19-11(16-17-18-19)7-6-10-12(13)15-9-5-3-2-4-8(9)14-10/h2-7H,1H3/b7-6+. The highest BCUT2D eigenvalue weighted by atomic mass is 35.5. The van der Waals surface area contributed by atoms with Gasteiger partial charge in [-0.25, -0.2) is 14.6 Å². The fourth-order valence-corrected chi connectivity index (χ4v) is 1.83. The molecule has 3 aromatic rings. The van der Waals surface area contributed by atoms with Gasteiger partial charge in [-0.15, -0.1) is 5.10 Å². The van der Waals surface area contributed by atoms with Crippen molar-refractivity contribution in [1.29, 1.82) is 0 Å². The van der Waals surface area contributed by atoms with Crippen LogP contribution in [0.4, 0.5) is 0 Å². The van der Waals surface area contributed by atoms with Gasteiger partial charge < -0.3 is 0 Å². The third-order valence-electron chi connectivity index (χ3n) is 2.60. The maximum atomic E-state index is 6.10. The highest BCUT2D eigenvalue weighted by Gasteiger charge is 2.04. The van der Waals surface area contributed by atoms with E-state index in [1.54, 1.807) is 23.9 Å². The minimum Gasteiger partial charge on any atom is -0.244 e. The van der Waals surface area contributed by atoms with Crippen molar-refractivity contribution in [1.82, 2.24) is 30.2 Å². The predicted octanol–water partition coefficient (Wildman–Crippen LogP) is 1.98. The van der Waals surface area contributed by atoms with Crippen molar-refractivity contribution >= 4 is 34.8 Å². The van der Waals surface area contributed by atoms with Crippen LogP contribution in [0, 0.1) is 0 Å². The van der Waals surface area contributed by atoms with Crippen LogP contribution in [0.15, 0.2) is 24.3 Å². The van der Waals surface area contributed by atoms with E-state index in [4.69, 9.17) is 11.6 Å². The van der Waals surface area contributed by atoms with Gasteiger partial charge in [-0.05, 0) is 34.7 Å². The van der Waals surface area contributed by atoms with Gasteiger partial charge in [0.15, 0.2) is 11.0 Å². The second-order valence-corrected chi connectivity index (χ2v) is 4.24. The summed E-state index contributed by atoms with van der Waals surface area (Å²) in [6, 6.07) is 7.56. The summed E-state index contributed by atoms with van der Waals surface area (Å²) in [6.45, 7) is 0. The zero-order valence-electron chi connectivity index (χ0n) is 10.0. The van der Waals surface area contributed by atoms with Crippen molar-refractivity contribution in [3.63, 3.8) is 0 Å². The van der Waals surface area contributed by atoms with Gasteiger partial charge in [0.2, 0.25) is 0 Å². The minimum atomic E-state index is 0.352. The normalized spacial score (nSPS) is 11.5. The number of nitrogens with zero attached hydrogens (tertiary/aromatic N) is 6. The van der Waals surface area contributed by atoms with Crippen LogP contribution in [0.1, 0.15) is 11.5 Å². The molecule has 0 N–H and O–H groups in total. The van der Waals surface area contributed by atoms with E-state index in [1.807, 2.05) is 24.3 Å². The number of fused-ring (bicyclic) bond motifs is 1. The van der Waals surface area contributed by atoms with Crippen LogP contribution in [0.2, 0.25) is 5.15 Å². The summed E-state index contributed by atoms with van der Waals surface area (Å²) >= 11 is 6.10. The Balaban J connectivity index is 2.03. The quantitative estimate of drug-likeness (QED) is 0.713. The maximum absolute atomic E-state index is 6.10. The van der Waals surface area contributed by atoms with Crippen LogP contribution < -0.4 is 0 Å². The van der Waals surface area contributed by atoms with Crippen molar-refractivity contribution in [2.24, 2.45) is 7.05 Å². The summed E-state index contributed by atoms with van der Waals surface area (Å²) in [6.07, 6.45) is 3.48. The van der Waals surface area contributed by atoms with Crippen molar-refractivity contribution in [2.45, 2.75) is 0 Å². The SMILES string of the molecule is Cn1nnnc1/C=C/c1nc2ccccc2nc1Cl. The molecule has 94 valence electrons. The zero-order chi connectivity index (χ0) is 13.2. The van der Waals surface area contributed by atoms with Gasteiger partial charge in [0.25, 0.3) is 0 Å². The Morgan fingerprint density at radius 1 is 1.11 bits per heavy atom. The number of para-hydroxylation sites is 2. The average Bonchev–Trinajstić information content (AvgIpc) is 2.82. The summed E-state index contributed by atoms with van der Waals surface area (Å²) in [5, 5.41) is 11.5. The Hall–Kier alpha value is -2.34. The Bertz CT molecular complexity index is 764. The number of halogens is 1. The molecule has 7 heteroatoms. The van der Waals surface area contributed by atoms with Crippen LogP contribution in [-0.4, -0.2) is 30.2 Å². The first kappa shape index (κ1) is 11.7. The lowest BCUT2D eigenvalue weighted by Crippen LogP contribution is -1.94. The highest BCUT2D eigenvalue weighted by Crippen LogP contribution is 2.18. The van der Waals surface area contributed by atoms with Gasteiger partial charge >= 0.3 is 0 Å². The van der Waals surface area contributed by atoms with E-state index in [-0.39, 0.29) is 0 Å². The molecule has 2 aromatic heterocycles. The monoisotopic (exact) mass is 272 g/mol. The zero-order valence-corrected chi connectivity index (χ0v) is 10.8. The fourth-order valence-electron chi connectivity index (χ4n) is 1.63. The molecular weight excluding hydrogens is 264 g/mol. The van der Waals surface area contributed by atoms with Gasteiger partial charge in [-0.1, -0.05) is 23.7 Å². The molecule has 6 nitrogen and oxygen atoms in total. The maximum Gasteiger partial charge on any atom is 0.174 e. The van der Waals surface area contributed by atoms with Gasteiger partial charge in [0.1, 0.15) is 5.69 Å². The van der Waals surface area contributed by atoms with Gasteiger partial charge in [-0.3, -0.25) is 0 Å². The van der Waals surface area contributed by atoms with Gasteiger partial charge in [-0.2, -0.15) is 0 Å². The Kier molecular flexibility index (Phi) is 2.92. The van der Waals surface area contributed by atoms with Crippen molar-refractivity contribution in [2.75, 3.05) is 0 Å². The van der Waals surface area contributed by atoms with E-state index in [9.17, 15) is 0 Å². The molecule has 0 spiro atoms. The molecule has 3 rings (SSSR count). The summed E-state index contributed by atoms with van der Waals surface area (Å²) in [4.78, 5) is 8.74. The third kappa shape index (κ3) is 2.30. The smallest absolute Gasteiger partial charge is 0.174 e. The van der Waals surface area contributed by atoms with Crippen LogP contribution in [0.3, 0.4) is 0 Å². The molecule has 0 atom stereocenters. The molecule has 0 radical (unpaired) electrons. The molecule has 1 aromatic carbocycles. The first-order valence-corrected chi connectivity index (χ1v) is 5.94. The Morgan fingerprint density at radius 2 is 1.84 bits per heavy atom. The molecular formula is C12H9ClN6. The molecule has 0 fully saturated rings. The Labute approximate surface area is 113 Å². The topological polar surface area (TPSA) is 69.4 Å². The van der Waals surface area contributed by atoms with E-state index in [0.717, 1.165) is 11.0 Å². The fraction of sp³-hybridized carbons (Fsp3) is 0.0833. The van der Waals surface area contributed by atoms with Crippen molar-refractivity contribution in [3.8, 4) is 0 Å². The number of benzene rings is 1. The van der Waals surface area contributed by atoms with E-state index in [0.29, 0.717) is 16.7 Å². The Morgan fingerprint density at radius 3 is 2.53 bits per heavy atom. The van der Waals surface area contributed by atoms with Crippen LogP contribution in [-0.2, 0) is 7.05 Å². The number of hydrogen-bond donors (Lipinski definition) is 0. The molecule has 0 aliphatic carbocycles. The molecule has 0 aliphatic rings. The molecule has 0 unspecified atom stereocenters. The summed E-state index contributed by atoms with van der Waals surface area (Å²) in [5.41, 5.74) is 2.15. The number of aromatic nitrogens is 6. The van der Waals surface area contributed by atoms with E-state index in [2.05, 4.69) is 25.5 Å². The summed E-state index contributed by atoms with van der Waals surface area (Å²) in [7, 11) is 1.76. The van der Waals surface area contributed by atoms with Crippen LogP contribution >= 0.6 is 11.6 Å². The molecule has 2 heterocycles. The summed E-state index contributed by atoms with van der Waals surface area (Å²) < 4.78 is 1.55. The number of hydrogen-bond acceptors (Lipinski definition) is 5. The van der Waals surface area contributed by atoms with E-state index < -0.39 is 0 Å². The van der Waals surface area contributed by atoms with Crippen molar-refractivity contribution in [3.05, 3.63) is 40.9 Å². The number of aryl methyl sites for hydroxylation is 1. The average molecular weight is 273 g/mol. The molecule has 0 saturated carbocycles. The summed E-state index contributed by atoms with van der Waals surface area (Å²) in [5.74, 6) is 0.617. The molecule has 0 aliphatic heterocycles. The van der Waals surface area contributed by atoms with Gasteiger partial charge in [0.05, 0.1) is 11.0 Å². The number of rotatable bonds is 2. The minimum absolute atomic E-state index is 0.352. The van der Waals surface area contributed by atoms with E-state index in [1.165, 1.54) is 0 Å². The number of tetrazole rings is 1. The first-order valence-electron chi connectivity index (χ1n) is 5.57. The third-order valence-corrected chi connectivity index (χ3v) is 2.87. The first-order chi connectivity index (χ1) is 9.24. The lowest BCUT2D eigenvalue weighted by Gasteiger charge is -2.00. The molecule has 19 heavy (non-hydrogen) atoms. The molecule has 0 saturated heterocycles. The lowest BCUT2D eigenvalue weighted by atomic mass is 10.3. The largest absolute Gasteiger partial charge is 0.244 e. The second kappa shape index (κ2) is 4.74. The predicted molar refractivity (Wildman–Crippen MR) is 72.3 cm³/mol. The molecule has 0 bridgehead atoms. The van der Waals surface area contributed by atoms with Crippen molar-refractivity contribution < 1.29 is 0 Å². The van der Waals surface area contributed by atoms with Crippen LogP contribution in [0.5, 0.6) is 0 Å².